The Kier molecular flexibility index (Phi) is 3.25. The van der Waals surface area contributed by atoms with Crippen molar-refractivity contribution in [1.82, 2.24) is 5.32 Å². The normalized spacial score (nSPS) is 15.1. The van der Waals surface area contributed by atoms with Crippen LogP contribution < -0.4 is 16.8 Å². The third kappa shape index (κ3) is 2.71. The first-order valence-corrected chi connectivity index (χ1v) is 3.70. The standard InChI is InChI=1S/C6H13N3OS/c1-3-6(2,4(7)11)9-5(8)10/h3H2,1-2H3,(H2,7,11)(H3,8,9,10). The van der Waals surface area contributed by atoms with Crippen LogP contribution in [0.15, 0.2) is 0 Å². The molecule has 0 aromatic carbocycles. The summed E-state index contributed by atoms with van der Waals surface area (Å²) in [5, 5.41) is 2.48. The van der Waals surface area contributed by atoms with Crippen molar-refractivity contribution < 1.29 is 4.79 Å². The predicted molar refractivity (Wildman–Crippen MR) is 48.2 cm³/mol. The molecule has 2 amide bonds. The van der Waals surface area contributed by atoms with Crippen LogP contribution in [-0.2, 0) is 0 Å². The molecule has 0 rings (SSSR count). The molecule has 0 spiro atoms. The molecule has 1 unspecified atom stereocenters. The Morgan fingerprint density at radius 1 is 1.64 bits per heavy atom. The molecule has 0 heterocycles. The summed E-state index contributed by atoms with van der Waals surface area (Å²) in [6, 6.07) is -0.609. The molecule has 0 aliphatic heterocycles. The van der Waals surface area contributed by atoms with Gasteiger partial charge in [-0.15, -0.1) is 0 Å². The lowest BCUT2D eigenvalue weighted by molar-refractivity contribution is 0.242. The summed E-state index contributed by atoms with van der Waals surface area (Å²) in [4.78, 5) is 10.7. The van der Waals surface area contributed by atoms with Gasteiger partial charge >= 0.3 is 6.03 Å². The lowest BCUT2D eigenvalue weighted by Crippen LogP contribution is -2.55. The fourth-order valence-electron chi connectivity index (χ4n) is 0.596. The van der Waals surface area contributed by atoms with Crippen LogP contribution in [0.25, 0.3) is 0 Å². The highest BCUT2D eigenvalue weighted by Gasteiger charge is 2.26. The fraction of sp³-hybridized carbons (Fsp3) is 0.667. The van der Waals surface area contributed by atoms with Crippen LogP contribution in [0, 0.1) is 0 Å². The summed E-state index contributed by atoms with van der Waals surface area (Å²) in [5.41, 5.74) is 9.67. The maximum atomic E-state index is 10.5. The van der Waals surface area contributed by atoms with Crippen LogP contribution in [0.4, 0.5) is 4.79 Å². The number of primary amides is 1. The molecule has 11 heavy (non-hydrogen) atoms. The van der Waals surface area contributed by atoms with E-state index in [1.807, 2.05) is 6.92 Å². The van der Waals surface area contributed by atoms with Gasteiger partial charge in [-0.3, -0.25) is 0 Å². The van der Waals surface area contributed by atoms with Gasteiger partial charge in [0.25, 0.3) is 0 Å². The fourth-order valence-corrected chi connectivity index (χ4v) is 0.792. The summed E-state index contributed by atoms with van der Waals surface area (Å²) in [6.07, 6.45) is 0.630. The average molecular weight is 175 g/mol. The van der Waals surface area contributed by atoms with Crippen molar-refractivity contribution in [2.24, 2.45) is 11.5 Å². The Morgan fingerprint density at radius 2 is 2.09 bits per heavy atom. The first-order valence-electron chi connectivity index (χ1n) is 3.30. The summed E-state index contributed by atoms with van der Waals surface area (Å²) in [6.45, 7) is 3.61. The Bertz CT molecular complexity index is 183. The second-order valence-electron chi connectivity index (χ2n) is 2.54. The van der Waals surface area contributed by atoms with Crippen LogP contribution in [0.3, 0.4) is 0 Å². The highest BCUT2D eigenvalue weighted by atomic mass is 32.1. The molecule has 0 saturated heterocycles. The zero-order chi connectivity index (χ0) is 9.07. The molecular weight excluding hydrogens is 162 g/mol. The summed E-state index contributed by atoms with van der Waals surface area (Å²) < 4.78 is 0. The lowest BCUT2D eigenvalue weighted by Gasteiger charge is -2.26. The molecule has 0 saturated carbocycles. The minimum absolute atomic E-state index is 0.249. The number of nitrogens with one attached hydrogen (secondary N) is 1. The number of hydrogen-bond donors (Lipinski definition) is 3. The van der Waals surface area contributed by atoms with E-state index in [1.165, 1.54) is 0 Å². The van der Waals surface area contributed by atoms with Gasteiger partial charge in [0.2, 0.25) is 0 Å². The molecule has 0 aromatic rings. The van der Waals surface area contributed by atoms with E-state index in [1.54, 1.807) is 6.92 Å². The Balaban J connectivity index is 4.34. The van der Waals surface area contributed by atoms with Crippen LogP contribution in [0.5, 0.6) is 0 Å². The smallest absolute Gasteiger partial charge is 0.312 e. The molecule has 0 bridgehead atoms. The van der Waals surface area contributed by atoms with Crippen molar-refractivity contribution in [2.45, 2.75) is 25.8 Å². The van der Waals surface area contributed by atoms with Gasteiger partial charge in [-0.1, -0.05) is 19.1 Å². The van der Waals surface area contributed by atoms with Gasteiger partial charge < -0.3 is 16.8 Å². The minimum Gasteiger partial charge on any atom is -0.391 e. The van der Waals surface area contributed by atoms with E-state index in [4.69, 9.17) is 23.7 Å². The van der Waals surface area contributed by atoms with Crippen molar-refractivity contribution in [3.05, 3.63) is 0 Å². The molecule has 64 valence electrons. The van der Waals surface area contributed by atoms with Gasteiger partial charge in [-0.05, 0) is 13.3 Å². The van der Waals surface area contributed by atoms with Crippen LogP contribution in [0.1, 0.15) is 20.3 Å². The summed E-state index contributed by atoms with van der Waals surface area (Å²) >= 11 is 4.76. The lowest BCUT2D eigenvalue weighted by atomic mass is 9.99. The van der Waals surface area contributed by atoms with Gasteiger partial charge in [0.1, 0.15) is 0 Å². The number of carbonyl (C=O) groups excluding carboxylic acids is 1. The maximum Gasteiger partial charge on any atom is 0.312 e. The van der Waals surface area contributed by atoms with E-state index < -0.39 is 11.6 Å². The molecule has 5 heteroatoms. The Hall–Kier alpha value is -0.840. The molecule has 0 aromatic heterocycles. The largest absolute Gasteiger partial charge is 0.391 e. The summed E-state index contributed by atoms with van der Waals surface area (Å²) in [5.74, 6) is 0. The quantitative estimate of drug-likeness (QED) is 0.532. The zero-order valence-electron chi connectivity index (χ0n) is 6.68. The SMILES string of the molecule is CCC(C)(NC(N)=O)C(N)=S. The van der Waals surface area contributed by atoms with E-state index in [9.17, 15) is 4.79 Å². The third-order valence-corrected chi connectivity index (χ3v) is 2.10. The number of carbonyl (C=O) groups is 1. The number of nitrogens with two attached hydrogens (primary N) is 2. The number of rotatable bonds is 3. The number of hydrogen-bond acceptors (Lipinski definition) is 2. The first kappa shape index (κ1) is 10.2. The molecule has 0 aliphatic carbocycles. The van der Waals surface area contributed by atoms with Gasteiger partial charge in [-0.2, -0.15) is 0 Å². The van der Waals surface area contributed by atoms with E-state index in [-0.39, 0.29) is 4.99 Å². The van der Waals surface area contributed by atoms with E-state index >= 15 is 0 Å². The molecule has 0 fully saturated rings. The second kappa shape index (κ2) is 3.52. The summed E-state index contributed by atoms with van der Waals surface area (Å²) in [7, 11) is 0. The highest BCUT2D eigenvalue weighted by molar-refractivity contribution is 7.80. The average Bonchev–Trinajstić information content (AvgIpc) is 1.86. The molecule has 5 N–H and O–H groups in total. The van der Waals surface area contributed by atoms with Gasteiger partial charge in [0.05, 0.1) is 10.5 Å². The number of urea groups is 1. The topological polar surface area (TPSA) is 81.1 Å². The first-order chi connectivity index (χ1) is 4.92. The van der Waals surface area contributed by atoms with Crippen LogP contribution in [-0.4, -0.2) is 16.6 Å². The van der Waals surface area contributed by atoms with E-state index in [2.05, 4.69) is 5.32 Å². The third-order valence-electron chi connectivity index (χ3n) is 1.65. The molecule has 0 aliphatic rings. The van der Waals surface area contributed by atoms with Crippen LogP contribution in [0.2, 0.25) is 0 Å². The van der Waals surface area contributed by atoms with Crippen molar-refractivity contribution in [1.29, 1.82) is 0 Å². The maximum absolute atomic E-state index is 10.5. The van der Waals surface area contributed by atoms with Gasteiger partial charge in [0, 0.05) is 0 Å². The van der Waals surface area contributed by atoms with Crippen molar-refractivity contribution in [3.8, 4) is 0 Å². The molecular formula is C6H13N3OS. The monoisotopic (exact) mass is 175 g/mol. The van der Waals surface area contributed by atoms with Crippen molar-refractivity contribution >= 4 is 23.2 Å². The second-order valence-corrected chi connectivity index (χ2v) is 2.98. The Morgan fingerprint density at radius 3 is 2.18 bits per heavy atom. The van der Waals surface area contributed by atoms with Crippen molar-refractivity contribution in [3.63, 3.8) is 0 Å². The van der Waals surface area contributed by atoms with Crippen LogP contribution >= 0.6 is 12.2 Å². The number of thiocarbonyl (C=S) groups is 1. The van der Waals surface area contributed by atoms with E-state index in [0.29, 0.717) is 6.42 Å². The number of amides is 2. The molecule has 4 nitrogen and oxygen atoms in total. The zero-order valence-corrected chi connectivity index (χ0v) is 7.49. The molecule has 1 atom stereocenters. The van der Waals surface area contributed by atoms with Gasteiger partial charge in [0.15, 0.2) is 0 Å². The predicted octanol–water partition coefficient (Wildman–Crippen LogP) is 0.110. The van der Waals surface area contributed by atoms with Crippen molar-refractivity contribution in [2.75, 3.05) is 0 Å². The van der Waals surface area contributed by atoms with Gasteiger partial charge in [-0.25, -0.2) is 4.79 Å². The van der Waals surface area contributed by atoms with E-state index in [0.717, 1.165) is 0 Å². The Labute approximate surface area is 71.3 Å². The minimum atomic E-state index is -0.652. The molecule has 0 radical (unpaired) electrons. The highest BCUT2D eigenvalue weighted by Crippen LogP contribution is 2.08.